The van der Waals surface area contributed by atoms with Crippen molar-refractivity contribution in [3.8, 4) is 0 Å². The van der Waals surface area contributed by atoms with Crippen LogP contribution in [-0.4, -0.2) is 61.4 Å². The van der Waals surface area contributed by atoms with Gasteiger partial charge in [0.15, 0.2) is 0 Å². The molecule has 2 atom stereocenters. The molecule has 0 saturated carbocycles. The predicted molar refractivity (Wildman–Crippen MR) is 99.7 cm³/mol. The quantitative estimate of drug-likeness (QED) is 0.755. The number of ether oxygens (including phenoxy) is 1. The summed E-state index contributed by atoms with van der Waals surface area (Å²) >= 11 is 0. The number of amides is 1. The van der Waals surface area contributed by atoms with Gasteiger partial charge in [0.25, 0.3) is 0 Å². The van der Waals surface area contributed by atoms with E-state index in [2.05, 4.69) is 36.2 Å². The van der Waals surface area contributed by atoms with Crippen molar-refractivity contribution < 1.29 is 14.6 Å². The second-order valence-electron chi connectivity index (χ2n) is 7.21. The average Bonchev–Trinajstić information content (AvgIpc) is 2.57. The summed E-state index contributed by atoms with van der Waals surface area (Å²) in [5, 5.41) is 13.0. The summed E-state index contributed by atoms with van der Waals surface area (Å²) in [5.74, 6) is 0.360. The first-order chi connectivity index (χ1) is 12.0. The Labute approximate surface area is 151 Å². The summed E-state index contributed by atoms with van der Waals surface area (Å²) in [6.45, 7) is 7.02. The van der Waals surface area contributed by atoms with Gasteiger partial charge in [-0.2, -0.15) is 0 Å². The fraction of sp³-hybridized carbons (Fsp3) is 0.650. The van der Waals surface area contributed by atoms with Gasteiger partial charge in [0.1, 0.15) is 0 Å². The minimum absolute atomic E-state index is 0.133. The van der Waals surface area contributed by atoms with E-state index < -0.39 is 6.10 Å². The van der Waals surface area contributed by atoms with Crippen LogP contribution in [0.2, 0.25) is 0 Å². The smallest absolute Gasteiger partial charge is 0.220 e. The number of aliphatic hydroxyl groups is 1. The van der Waals surface area contributed by atoms with Crippen LogP contribution >= 0.6 is 0 Å². The van der Waals surface area contributed by atoms with Crippen molar-refractivity contribution >= 4 is 5.91 Å². The Morgan fingerprint density at radius 3 is 2.68 bits per heavy atom. The molecule has 25 heavy (non-hydrogen) atoms. The van der Waals surface area contributed by atoms with E-state index in [0.29, 0.717) is 19.6 Å². The number of nitrogens with one attached hydrogen (secondary N) is 1. The lowest BCUT2D eigenvalue weighted by molar-refractivity contribution is -0.122. The van der Waals surface area contributed by atoms with Crippen LogP contribution in [0.1, 0.15) is 43.2 Å². The second-order valence-corrected chi connectivity index (χ2v) is 7.21. The fourth-order valence-electron chi connectivity index (χ4n) is 3.62. The van der Waals surface area contributed by atoms with E-state index >= 15 is 0 Å². The van der Waals surface area contributed by atoms with Crippen LogP contribution in [0.5, 0.6) is 0 Å². The molecule has 2 rings (SSSR count). The van der Waals surface area contributed by atoms with E-state index in [0.717, 1.165) is 25.9 Å². The SMILES string of the molecule is COCC(O)CN1CCC(NC(=O)CC(C)c2ccccc2C)CC1. The zero-order valence-corrected chi connectivity index (χ0v) is 15.7. The Kier molecular flexibility index (Phi) is 7.88. The molecule has 0 aliphatic carbocycles. The number of aliphatic hydroxyl groups excluding tert-OH is 1. The first kappa shape index (κ1) is 19.9. The third-order valence-electron chi connectivity index (χ3n) is 4.99. The number of hydrogen-bond acceptors (Lipinski definition) is 4. The molecule has 1 aromatic carbocycles. The van der Waals surface area contributed by atoms with E-state index in [1.807, 2.05) is 12.1 Å². The lowest BCUT2D eigenvalue weighted by Gasteiger charge is -2.33. The molecular weight excluding hydrogens is 316 g/mol. The van der Waals surface area contributed by atoms with Gasteiger partial charge in [-0.15, -0.1) is 0 Å². The van der Waals surface area contributed by atoms with E-state index in [4.69, 9.17) is 4.74 Å². The van der Waals surface area contributed by atoms with Crippen molar-refractivity contribution in [1.82, 2.24) is 10.2 Å². The zero-order valence-electron chi connectivity index (χ0n) is 15.7. The molecule has 1 saturated heterocycles. The van der Waals surface area contributed by atoms with Gasteiger partial charge in [-0.3, -0.25) is 4.79 Å². The summed E-state index contributed by atoms with van der Waals surface area (Å²) < 4.78 is 4.97. The third kappa shape index (κ3) is 6.42. The molecule has 1 amide bonds. The molecule has 0 aromatic heterocycles. The molecule has 0 spiro atoms. The number of piperidine rings is 1. The molecule has 0 radical (unpaired) electrons. The Bertz CT molecular complexity index is 541. The Hall–Kier alpha value is -1.43. The number of carbonyl (C=O) groups excluding carboxylic acids is 1. The summed E-state index contributed by atoms with van der Waals surface area (Å²) in [6.07, 6.45) is 1.96. The maximum absolute atomic E-state index is 12.4. The van der Waals surface area contributed by atoms with Crippen LogP contribution in [0.3, 0.4) is 0 Å². The molecule has 2 N–H and O–H groups in total. The summed E-state index contributed by atoms with van der Waals surface area (Å²) in [6, 6.07) is 8.51. The molecule has 5 nitrogen and oxygen atoms in total. The highest BCUT2D eigenvalue weighted by atomic mass is 16.5. The highest BCUT2D eigenvalue weighted by molar-refractivity contribution is 5.77. The topological polar surface area (TPSA) is 61.8 Å². The second kappa shape index (κ2) is 9.90. The number of aryl methyl sites for hydroxylation is 1. The Balaban J connectivity index is 1.72. The van der Waals surface area contributed by atoms with Crippen molar-refractivity contribution in [2.24, 2.45) is 0 Å². The van der Waals surface area contributed by atoms with E-state index in [1.165, 1.54) is 11.1 Å². The minimum Gasteiger partial charge on any atom is -0.389 e. The number of methoxy groups -OCH3 is 1. The highest BCUT2D eigenvalue weighted by Gasteiger charge is 2.23. The Morgan fingerprint density at radius 2 is 2.04 bits per heavy atom. The molecule has 140 valence electrons. The van der Waals surface area contributed by atoms with Crippen molar-refractivity contribution in [3.05, 3.63) is 35.4 Å². The zero-order chi connectivity index (χ0) is 18.2. The average molecular weight is 348 g/mol. The first-order valence-corrected chi connectivity index (χ1v) is 9.23. The summed E-state index contributed by atoms with van der Waals surface area (Å²) in [5.41, 5.74) is 2.49. The largest absolute Gasteiger partial charge is 0.389 e. The Morgan fingerprint density at radius 1 is 1.36 bits per heavy atom. The standard InChI is InChI=1S/C20H32N2O3/c1-15-6-4-5-7-19(15)16(2)12-20(24)21-17-8-10-22(11-9-17)13-18(23)14-25-3/h4-7,16-18,23H,8-14H2,1-3H3,(H,21,24). The molecular formula is C20H32N2O3. The van der Waals surface area contributed by atoms with Gasteiger partial charge < -0.3 is 20.1 Å². The summed E-state index contributed by atoms with van der Waals surface area (Å²) in [4.78, 5) is 14.6. The molecule has 1 fully saturated rings. The van der Waals surface area contributed by atoms with Gasteiger partial charge in [0.05, 0.1) is 12.7 Å². The van der Waals surface area contributed by atoms with Crippen LogP contribution in [0.4, 0.5) is 0 Å². The van der Waals surface area contributed by atoms with Crippen LogP contribution in [0.25, 0.3) is 0 Å². The maximum Gasteiger partial charge on any atom is 0.220 e. The molecule has 5 heteroatoms. The predicted octanol–water partition coefficient (Wildman–Crippen LogP) is 2.08. The van der Waals surface area contributed by atoms with Crippen molar-refractivity contribution in [3.63, 3.8) is 0 Å². The van der Waals surface area contributed by atoms with Crippen LogP contribution in [0, 0.1) is 6.92 Å². The normalized spacial score (nSPS) is 18.7. The number of benzene rings is 1. The van der Waals surface area contributed by atoms with Crippen LogP contribution in [0.15, 0.2) is 24.3 Å². The number of likely N-dealkylation sites (tertiary alicyclic amines) is 1. The molecule has 2 unspecified atom stereocenters. The van der Waals surface area contributed by atoms with Crippen LogP contribution < -0.4 is 5.32 Å². The van der Waals surface area contributed by atoms with Gasteiger partial charge >= 0.3 is 0 Å². The molecule has 1 heterocycles. The lowest BCUT2D eigenvalue weighted by Crippen LogP contribution is -2.47. The molecule has 1 aromatic rings. The summed E-state index contributed by atoms with van der Waals surface area (Å²) in [7, 11) is 1.60. The van der Waals surface area contributed by atoms with E-state index in [1.54, 1.807) is 7.11 Å². The number of rotatable bonds is 8. The third-order valence-corrected chi connectivity index (χ3v) is 4.99. The van der Waals surface area contributed by atoms with E-state index in [-0.39, 0.29) is 17.9 Å². The highest BCUT2D eigenvalue weighted by Crippen LogP contribution is 2.22. The number of nitrogens with zero attached hydrogens (tertiary/aromatic N) is 1. The van der Waals surface area contributed by atoms with Gasteiger partial charge in [-0.05, 0) is 36.8 Å². The fourth-order valence-corrected chi connectivity index (χ4v) is 3.62. The van der Waals surface area contributed by atoms with Gasteiger partial charge in [0, 0.05) is 39.2 Å². The number of β-amino-alcohol motifs (C(OH)–C–C–N with tert-alkyl or cyclic N) is 1. The molecule has 1 aliphatic rings. The molecule has 1 aliphatic heterocycles. The monoisotopic (exact) mass is 348 g/mol. The number of hydrogen-bond donors (Lipinski definition) is 2. The van der Waals surface area contributed by atoms with Gasteiger partial charge in [-0.1, -0.05) is 31.2 Å². The molecule has 0 bridgehead atoms. The van der Waals surface area contributed by atoms with Crippen LogP contribution in [-0.2, 0) is 9.53 Å². The van der Waals surface area contributed by atoms with Crippen molar-refractivity contribution in [1.29, 1.82) is 0 Å². The van der Waals surface area contributed by atoms with Gasteiger partial charge in [0.2, 0.25) is 5.91 Å². The number of carbonyl (C=O) groups is 1. The van der Waals surface area contributed by atoms with Gasteiger partial charge in [-0.25, -0.2) is 0 Å². The first-order valence-electron chi connectivity index (χ1n) is 9.23. The van der Waals surface area contributed by atoms with E-state index in [9.17, 15) is 9.90 Å². The minimum atomic E-state index is -0.439. The maximum atomic E-state index is 12.4. The van der Waals surface area contributed by atoms with Crippen molar-refractivity contribution in [2.75, 3.05) is 33.4 Å². The lowest BCUT2D eigenvalue weighted by atomic mass is 9.93. The van der Waals surface area contributed by atoms with Crippen molar-refractivity contribution in [2.45, 2.75) is 51.2 Å².